The number of hydrogen-bond donors (Lipinski definition) is 3. The van der Waals surface area contributed by atoms with E-state index in [1.807, 2.05) is 42.6 Å². The second-order valence-electron chi connectivity index (χ2n) is 6.62. The lowest BCUT2D eigenvalue weighted by atomic mass is 10.1. The zero-order valence-electron chi connectivity index (χ0n) is 15.8. The van der Waals surface area contributed by atoms with E-state index in [0.29, 0.717) is 23.7 Å². The Labute approximate surface area is 176 Å². The Kier molecular flexibility index (Phi) is 5.76. The number of benzene rings is 2. The molecule has 2 amide bonds. The van der Waals surface area contributed by atoms with E-state index in [9.17, 15) is 9.59 Å². The maximum atomic E-state index is 12.2. The highest BCUT2D eigenvalue weighted by Gasteiger charge is 2.17. The van der Waals surface area contributed by atoms with Crippen molar-refractivity contribution in [2.45, 2.75) is 12.8 Å². The fourth-order valence-corrected chi connectivity index (χ4v) is 3.20. The summed E-state index contributed by atoms with van der Waals surface area (Å²) in [5.74, 6) is -0.832. The molecular weight excluding hydrogens is 406 g/mol. The molecule has 0 unspecified atom stereocenters. The lowest BCUT2D eigenvalue weighted by Gasteiger charge is -2.02. The van der Waals surface area contributed by atoms with Crippen LogP contribution >= 0.6 is 11.6 Å². The van der Waals surface area contributed by atoms with Gasteiger partial charge in [-0.15, -0.1) is 0 Å². The molecule has 0 aliphatic rings. The van der Waals surface area contributed by atoms with E-state index in [4.69, 9.17) is 16.1 Å². The number of nitrogens with one attached hydrogen (secondary N) is 3. The normalized spacial score (nSPS) is 10.8. The number of carbonyl (C=O) groups excluding carboxylic acids is 2. The first-order chi connectivity index (χ1) is 14.6. The van der Waals surface area contributed by atoms with Crippen molar-refractivity contribution < 1.29 is 14.1 Å². The molecule has 9 heteroatoms. The molecule has 0 aliphatic carbocycles. The van der Waals surface area contributed by atoms with Gasteiger partial charge >= 0.3 is 11.8 Å². The summed E-state index contributed by atoms with van der Waals surface area (Å²) in [5, 5.41) is 10.8. The third kappa shape index (κ3) is 4.66. The monoisotopic (exact) mass is 423 g/mol. The zero-order chi connectivity index (χ0) is 20.9. The Balaban J connectivity index is 1.29. The molecule has 0 saturated heterocycles. The van der Waals surface area contributed by atoms with Gasteiger partial charge in [-0.25, -0.2) is 0 Å². The third-order valence-corrected chi connectivity index (χ3v) is 4.68. The summed E-state index contributed by atoms with van der Waals surface area (Å²) in [4.78, 5) is 31.5. The van der Waals surface area contributed by atoms with Crippen molar-refractivity contribution in [3.63, 3.8) is 0 Å². The highest BCUT2D eigenvalue weighted by molar-refractivity contribution is 6.31. The van der Waals surface area contributed by atoms with E-state index >= 15 is 0 Å². The number of aromatic nitrogens is 3. The molecule has 0 saturated carbocycles. The lowest BCUT2D eigenvalue weighted by molar-refractivity contribution is -0.115. The first-order valence-corrected chi connectivity index (χ1v) is 9.67. The number of amides is 2. The molecule has 0 atom stereocenters. The van der Waals surface area contributed by atoms with Crippen LogP contribution in [0.15, 0.2) is 59.3 Å². The fourth-order valence-electron chi connectivity index (χ4n) is 3.03. The van der Waals surface area contributed by atoms with Crippen molar-refractivity contribution in [3.05, 3.63) is 77.0 Å². The molecule has 2 aromatic heterocycles. The first kappa shape index (κ1) is 19.7. The smallest absolute Gasteiger partial charge is 0.315 e. The van der Waals surface area contributed by atoms with E-state index in [1.165, 1.54) is 0 Å². The van der Waals surface area contributed by atoms with Gasteiger partial charge in [-0.2, -0.15) is 4.98 Å². The van der Waals surface area contributed by atoms with Gasteiger partial charge in [0.1, 0.15) is 0 Å². The molecule has 0 aliphatic heterocycles. The Bertz CT molecular complexity index is 1190. The number of carbonyl (C=O) groups is 2. The van der Waals surface area contributed by atoms with Crippen molar-refractivity contribution in [3.8, 4) is 0 Å². The maximum absolute atomic E-state index is 12.2. The number of halogens is 1. The Hall–Kier alpha value is -3.65. The van der Waals surface area contributed by atoms with E-state index in [2.05, 4.69) is 25.8 Å². The standard InChI is InChI=1S/C21H18ClN5O3/c22-14-6-7-17-16(10-14)13(12-24-17)8-9-23-20(29)21-26-18(27-30-21)11-19(28)25-15-4-2-1-3-5-15/h1-7,10,12,24H,8-9,11H2,(H,23,29)(H,25,28). The Morgan fingerprint density at radius 1 is 1.13 bits per heavy atom. The van der Waals surface area contributed by atoms with Crippen molar-refractivity contribution in [2.24, 2.45) is 0 Å². The molecule has 3 N–H and O–H groups in total. The number of rotatable bonds is 7. The third-order valence-electron chi connectivity index (χ3n) is 4.45. The molecule has 4 aromatic rings. The number of anilines is 1. The van der Waals surface area contributed by atoms with Gasteiger partial charge in [0, 0.05) is 34.4 Å². The number of aromatic amines is 1. The summed E-state index contributed by atoms with van der Waals surface area (Å²) in [5.41, 5.74) is 2.69. The molecule has 152 valence electrons. The summed E-state index contributed by atoms with van der Waals surface area (Å²) in [6.07, 6.45) is 2.40. The fraction of sp³-hybridized carbons (Fsp3) is 0.143. The van der Waals surface area contributed by atoms with Gasteiger partial charge in [-0.05, 0) is 42.3 Å². The van der Waals surface area contributed by atoms with E-state index in [1.54, 1.807) is 12.1 Å². The van der Waals surface area contributed by atoms with Gasteiger partial charge in [0.15, 0.2) is 5.82 Å². The molecule has 0 fully saturated rings. The van der Waals surface area contributed by atoms with E-state index in [-0.39, 0.29) is 24.0 Å². The molecular formula is C21H18ClN5O3. The van der Waals surface area contributed by atoms with Crippen LogP contribution in [0.25, 0.3) is 10.9 Å². The molecule has 2 aromatic carbocycles. The number of nitrogens with zero attached hydrogens (tertiary/aromatic N) is 2. The second-order valence-corrected chi connectivity index (χ2v) is 7.05. The van der Waals surface area contributed by atoms with Gasteiger partial charge in [0.25, 0.3) is 0 Å². The van der Waals surface area contributed by atoms with E-state index < -0.39 is 5.91 Å². The summed E-state index contributed by atoms with van der Waals surface area (Å²) in [6.45, 7) is 0.379. The van der Waals surface area contributed by atoms with Crippen LogP contribution in [0, 0.1) is 0 Å². The average Bonchev–Trinajstić information content (AvgIpc) is 3.36. The Morgan fingerprint density at radius 2 is 1.97 bits per heavy atom. The zero-order valence-corrected chi connectivity index (χ0v) is 16.6. The van der Waals surface area contributed by atoms with Crippen LogP contribution in [0.3, 0.4) is 0 Å². The molecule has 0 radical (unpaired) electrons. The van der Waals surface area contributed by atoms with E-state index in [0.717, 1.165) is 16.5 Å². The summed E-state index contributed by atoms with van der Waals surface area (Å²) >= 11 is 6.06. The molecule has 8 nitrogen and oxygen atoms in total. The summed E-state index contributed by atoms with van der Waals surface area (Å²) < 4.78 is 4.97. The minimum Gasteiger partial charge on any atom is -0.361 e. The van der Waals surface area contributed by atoms with Crippen molar-refractivity contribution in [1.82, 2.24) is 20.4 Å². The van der Waals surface area contributed by atoms with Gasteiger partial charge in [0.2, 0.25) is 5.91 Å². The Morgan fingerprint density at radius 3 is 2.80 bits per heavy atom. The maximum Gasteiger partial charge on any atom is 0.315 e. The minimum absolute atomic E-state index is 0.0955. The van der Waals surface area contributed by atoms with Crippen molar-refractivity contribution >= 4 is 40.0 Å². The summed E-state index contributed by atoms with van der Waals surface area (Å²) in [6, 6.07) is 14.6. The van der Waals surface area contributed by atoms with Crippen LogP contribution in [0.1, 0.15) is 22.1 Å². The van der Waals surface area contributed by atoms with Gasteiger partial charge < -0.3 is 20.1 Å². The number of para-hydroxylation sites is 1. The summed E-state index contributed by atoms with van der Waals surface area (Å²) in [7, 11) is 0. The van der Waals surface area contributed by atoms with Gasteiger partial charge in [-0.1, -0.05) is 35.0 Å². The van der Waals surface area contributed by atoms with Crippen molar-refractivity contribution in [2.75, 3.05) is 11.9 Å². The van der Waals surface area contributed by atoms with Gasteiger partial charge in [0.05, 0.1) is 6.42 Å². The number of hydrogen-bond acceptors (Lipinski definition) is 5. The lowest BCUT2D eigenvalue weighted by Crippen LogP contribution is -2.26. The SMILES string of the molecule is O=C(Cc1noc(C(=O)NCCc2c[nH]c3ccc(Cl)cc23)n1)Nc1ccccc1. The second kappa shape index (κ2) is 8.79. The predicted octanol–water partition coefficient (Wildman–Crippen LogP) is 3.36. The first-order valence-electron chi connectivity index (χ1n) is 9.30. The van der Waals surface area contributed by atoms with Crippen LogP contribution in [0.4, 0.5) is 5.69 Å². The molecule has 4 rings (SSSR count). The van der Waals surface area contributed by atoms with Crippen LogP contribution < -0.4 is 10.6 Å². The topological polar surface area (TPSA) is 113 Å². The van der Waals surface area contributed by atoms with Gasteiger partial charge in [-0.3, -0.25) is 9.59 Å². The van der Waals surface area contributed by atoms with Crippen molar-refractivity contribution in [1.29, 1.82) is 0 Å². The largest absolute Gasteiger partial charge is 0.361 e. The average molecular weight is 424 g/mol. The molecule has 0 spiro atoms. The quantitative estimate of drug-likeness (QED) is 0.422. The minimum atomic E-state index is -0.491. The van der Waals surface area contributed by atoms with Crippen LogP contribution in [-0.4, -0.2) is 33.5 Å². The highest BCUT2D eigenvalue weighted by atomic mass is 35.5. The molecule has 0 bridgehead atoms. The molecule has 2 heterocycles. The molecule has 30 heavy (non-hydrogen) atoms. The predicted molar refractivity (Wildman–Crippen MR) is 112 cm³/mol. The van der Waals surface area contributed by atoms with Crippen LogP contribution in [0.5, 0.6) is 0 Å². The number of fused-ring (bicyclic) bond motifs is 1. The van der Waals surface area contributed by atoms with Crippen LogP contribution in [0.2, 0.25) is 5.02 Å². The van der Waals surface area contributed by atoms with Crippen LogP contribution in [-0.2, 0) is 17.6 Å². The number of H-pyrrole nitrogens is 1. The highest BCUT2D eigenvalue weighted by Crippen LogP contribution is 2.22.